The molecule has 0 radical (unpaired) electrons. The molecule has 116 valence electrons. The molecule has 22 heavy (non-hydrogen) atoms. The van der Waals surface area contributed by atoms with E-state index in [1.54, 1.807) is 28.9 Å². The first kappa shape index (κ1) is 14.8. The molecule has 1 heterocycles. The third-order valence-corrected chi connectivity index (χ3v) is 4.30. The SMILES string of the molecule is CN(CC1(O)CCCC1)C(=O)c1ccccc1-n1cccn1. The molecule has 1 amide bonds. The monoisotopic (exact) mass is 299 g/mol. The van der Waals surface area contributed by atoms with Gasteiger partial charge in [0.2, 0.25) is 0 Å². The Morgan fingerprint density at radius 1 is 1.32 bits per heavy atom. The van der Waals surface area contributed by atoms with Gasteiger partial charge in [-0.05, 0) is 31.0 Å². The number of para-hydroxylation sites is 1. The van der Waals surface area contributed by atoms with Gasteiger partial charge >= 0.3 is 0 Å². The number of likely N-dealkylation sites (N-methyl/N-ethyl adjacent to an activating group) is 1. The highest BCUT2D eigenvalue weighted by atomic mass is 16.3. The summed E-state index contributed by atoms with van der Waals surface area (Å²) in [5.41, 5.74) is 0.614. The number of carbonyl (C=O) groups is 1. The van der Waals surface area contributed by atoms with Crippen LogP contribution in [0, 0.1) is 0 Å². The summed E-state index contributed by atoms with van der Waals surface area (Å²) in [6, 6.07) is 9.23. The third kappa shape index (κ3) is 2.90. The predicted molar refractivity (Wildman–Crippen MR) is 83.9 cm³/mol. The first-order chi connectivity index (χ1) is 10.6. The topological polar surface area (TPSA) is 58.4 Å². The van der Waals surface area contributed by atoms with Crippen molar-refractivity contribution < 1.29 is 9.90 Å². The van der Waals surface area contributed by atoms with Crippen molar-refractivity contribution >= 4 is 5.91 Å². The molecule has 1 aliphatic rings. The number of benzene rings is 1. The van der Waals surface area contributed by atoms with Gasteiger partial charge in [0.15, 0.2) is 0 Å². The summed E-state index contributed by atoms with van der Waals surface area (Å²) in [5, 5.41) is 14.7. The minimum atomic E-state index is -0.731. The zero-order chi connectivity index (χ0) is 15.6. The van der Waals surface area contributed by atoms with Crippen molar-refractivity contribution in [2.45, 2.75) is 31.3 Å². The number of aromatic nitrogens is 2. The van der Waals surface area contributed by atoms with Gasteiger partial charge in [-0.15, -0.1) is 0 Å². The van der Waals surface area contributed by atoms with Gasteiger partial charge in [-0.2, -0.15) is 5.10 Å². The van der Waals surface area contributed by atoms with Gasteiger partial charge in [0.25, 0.3) is 5.91 Å². The van der Waals surface area contributed by atoms with Gasteiger partial charge in [-0.1, -0.05) is 25.0 Å². The molecule has 1 aromatic heterocycles. The Kier molecular flexibility index (Phi) is 3.98. The maximum Gasteiger partial charge on any atom is 0.255 e. The molecule has 0 spiro atoms. The lowest BCUT2D eigenvalue weighted by Crippen LogP contribution is -2.42. The summed E-state index contributed by atoms with van der Waals surface area (Å²) in [4.78, 5) is 14.4. The molecule has 0 saturated heterocycles. The summed E-state index contributed by atoms with van der Waals surface area (Å²) in [7, 11) is 1.75. The first-order valence-corrected chi connectivity index (χ1v) is 7.66. The number of amides is 1. The van der Waals surface area contributed by atoms with E-state index in [0.29, 0.717) is 12.1 Å². The van der Waals surface area contributed by atoms with E-state index in [9.17, 15) is 9.90 Å². The number of aliphatic hydroxyl groups is 1. The van der Waals surface area contributed by atoms with Crippen LogP contribution in [0.5, 0.6) is 0 Å². The third-order valence-electron chi connectivity index (χ3n) is 4.30. The Morgan fingerprint density at radius 2 is 2.05 bits per heavy atom. The van der Waals surface area contributed by atoms with Crippen LogP contribution < -0.4 is 0 Å². The van der Waals surface area contributed by atoms with Gasteiger partial charge in [-0.25, -0.2) is 4.68 Å². The summed E-state index contributed by atoms with van der Waals surface area (Å²) in [6.45, 7) is 0.374. The highest BCUT2D eigenvalue weighted by molar-refractivity contribution is 5.97. The predicted octanol–water partition coefficient (Wildman–Crippen LogP) is 2.25. The Hall–Kier alpha value is -2.14. The molecule has 0 atom stereocenters. The number of carbonyl (C=O) groups excluding carboxylic acids is 1. The van der Waals surface area contributed by atoms with Crippen molar-refractivity contribution in [1.29, 1.82) is 0 Å². The molecule has 1 aliphatic carbocycles. The van der Waals surface area contributed by atoms with Gasteiger partial charge in [0.1, 0.15) is 0 Å². The second-order valence-corrected chi connectivity index (χ2v) is 6.06. The van der Waals surface area contributed by atoms with E-state index in [1.807, 2.05) is 30.5 Å². The summed E-state index contributed by atoms with van der Waals surface area (Å²) < 4.78 is 1.69. The number of nitrogens with zero attached hydrogens (tertiary/aromatic N) is 3. The standard InChI is InChI=1S/C17H21N3O2/c1-19(13-17(22)9-4-5-10-17)16(21)14-7-2-3-8-15(14)20-12-6-11-18-20/h2-3,6-8,11-12,22H,4-5,9-10,13H2,1H3. The normalized spacial score (nSPS) is 16.6. The molecule has 1 fully saturated rings. The molecule has 1 aromatic carbocycles. The molecular weight excluding hydrogens is 278 g/mol. The average molecular weight is 299 g/mol. The average Bonchev–Trinajstić information content (AvgIpc) is 3.18. The Balaban J connectivity index is 1.83. The van der Waals surface area contributed by atoms with Crippen LogP contribution in [0.2, 0.25) is 0 Å². The molecule has 5 nitrogen and oxygen atoms in total. The maximum atomic E-state index is 12.8. The zero-order valence-corrected chi connectivity index (χ0v) is 12.8. The van der Waals surface area contributed by atoms with Crippen LogP contribution in [0.1, 0.15) is 36.0 Å². The van der Waals surface area contributed by atoms with E-state index in [0.717, 1.165) is 31.4 Å². The van der Waals surface area contributed by atoms with Gasteiger partial charge < -0.3 is 10.0 Å². The van der Waals surface area contributed by atoms with Crippen molar-refractivity contribution in [2.24, 2.45) is 0 Å². The van der Waals surface area contributed by atoms with Crippen LogP contribution in [0.25, 0.3) is 5.69 Å². The molecular formula is C17H21N3O2. The highest BCUT2D eigenvalue weighted by Crippen LogP contribution is 2.30. The van der Waals surface area contributed by atoms with Crippen molar-refractivity contribution in [3.05, 3.63) is 48.3 Å². The largest absolute Gasteiger partial charge is 0.388 e. The van der Waals surface area contributed by atoms with Crippen LogP contribution >= 0.6 is 0 Å². The fourth-order valence-electron chi connectivity index (χ4n) is 3.18. The summed E-state index contributed by atoms with van der Waals surface area (Å²) >= 11 is 0. The van der Waals surface area contributed by atoms with Crippen molar-refractivity contribution in [1.82, 2.24) is 14.7 Å². The lowest BCUT2D eigenvalue weighted by atomic mass is 10.0. The maximum absolute atomic E-state index is 12.8. The minimum Gasteiger partial charge on any atom is -0.388 e. The molecule has 1 saturated carbocycles. The molecule has 0 aliphatic heterocycles. The number of hydrogen-bond acceptors (Lipinski definition) is 3. The number of rotatable bonds is 4. The fraction of sp³-hybridized carbons (Fsp3) is 0.412. The van der Waals surface area contributed by atoms with Crippen LogP contribution in [0.3, 0.4) is 0 Å². The smallest absolute Gasteiger partial charge is 0.255 e. The Bertz CT molecular complexity index is 646. The second-order valence-electron chi connectivity index (χ2n) is 6.06. The molecule has 5 heteroatoms. The molecule has 3 rings (SSSR count). The van der Waals surface area contributed by atoms with E-state index in [2.05, 4.69) is 5.10 Å². The lowest BCUT2D eigenvalue weighted by molar-refractivity contribution is 0.0156. The van der Waals surface area contributed by atoms with E-state index in [-0.39, 0.29) is 5.91 Å². The van der Waals surface area contributed by atoms with Gasteiger partial charge in [0, 0.05) is 26.0 Å². The van der Waals surface area contributed by atoms with Crippen molar-refractivity contribution in [2.75, 3.05) is 13.6 Å². The fourth-order valence-corrected chi connectivity index (χ4v) is 3.18. The van der Waals surface area contributed by atoms with Crippen LogP contribution in [0.4, 0.5) is 0 Å². The molecule has 0 bridgehead atoms. The molecule has 0 unspecified atom stereocenters. The van der Waals surface area contributed by atoms with Gasteiger partial charge in [-0.3, -0.25) is 4.79 Å². The van der Waals surface area contributed by atoms with Crippen LogP contribution in [-0.4, -0.2) is 44.9 Å². The minimum absolute atomic E-state index is 0.0913. The van der Waals surface area contributed by atoms with E-state index in [1.165, 1.54) is 0 Å². The quantitative estimate of drug-likeness (QED) is 0.942. The van der Waals surface area contributed by atoms with Crippen LogP contribution in [0.15, 0.2) is 42.7 Å². The molecule has 1 N–H and O–H groups in total. The van der Waals surface area contributed by atoms with E-state index in [4.69, 9.17) is 0 Å². The van der Waals surface area contributed by atoms with E-state index < -0.39 is 5.60 Å². The summed E-state index contributed by atoms with van der Waals surface area (Å²) in [5.74, 6) is -0.0913. The lowest BCUT2D eigenvalue weighted by Gasteiger charge is -2.29. The number of hydrogen-bond donors (Lipinski definition) is 1. The Labute approximate surface area is 130 Å². The summed E-state index contributed by atoms with van der Waals surface area (Å²) in [6.07, 6.45) is 7.10. The van der Waals surface area contributed by atoms with Crippen molar-refractivity contribution in [3.63, 3.8) is 0 Å². The second kappa shape index (κ2) is 5.93. The zero-order valence-electron chi connectivity index (χ0n) is 12.8. The van der Waals surface area contributed by atoms with Gasteiger partial charge in [0.05, 0.1) is 16.9 Å². The van der Waals surface area contributed by atoms with E-state index >= 15 is 0 Å². The highest BCUT2D eigenvalue weighted by Gasteiger charge is 2.34. The Morgan fingerprint density at radius 3 is 2.73 bits per heavy atom. The van der Waals surface area contributed by atoms with Crippen molar-refractivity contribution in [3.8, 4) is 5.69 Å². The van der Waals surface area contributed by atoms with Crippen LogP contribution in [-0.2, 0) is 0 Å². The molecule has 2 aromatic rings. The first-order valence-electron chi connectivity index (χ1n) is 7.66.